The van der Waals surface area contributed by atoms with E-state index in [-0.39, 0.29) is 16.6 Å². The maximum absolute atomic E-state index is 12.6. The minimum Gasteiger partial charge on any atom is -0.506 e. The SMILES string of the molecule is Oc1ccc(COc2ccc(F)cc2)cc1Cl. The van der Waals surface area contributed by atoms with Crippen molar-refractivity contribution in [2.45, 2.75) is 6.61 Å². The standard InChI is InChI=1S/C13H10ClFO2/c14-12-7-9(1-6-13(12)16)8-17-11-4-2-10(15)3-5-11/h1-7,16H,8H2. The Kier molecular flexibility index (Phi) is 3.49. The second-order valence-electron chi connectivity index (χ2n) is 3.53. The Balaban J connectivity index is 2.02. The third-order valence-electron chi connectivity index (χ3n) is 2.23. The molecule has 0 heterocycles. The molecule has 2 aromatic rings. The highest BCUT2D eigenvalue weighted by Crippen LogP contribution is 2.24. The Morgan fingerprint density at radius 2 is 1.82 bits per heavy atom. The second-order valence-corrected chi connectivity index (χ2v) is 3.94. The summed E-state index contributed by atoms with van der Waals surface area (Å²) >= 11 is 5.76. The summed E-state index contributed by atoms with van der Waals surface area (Å²) in [4.78, 5) is 0. The molecular formula is C13H10ClFO2. The number of ether oxygens (including phenoxy) is 1. The topological polar surface area (TPSA) is 29.5 Å². The van der Waals surface area contributed by atoms with E-state index in [4.69, 9.17) is 16.3 Å². The Morgan fingerprint density at radius 3 is 2.47 bits per heavy atom. The number of phenols is 1. The van der Waals surface area contributed by atoms with Crippen LogP contribution in [0.4, 0.5) is 4.39 Å². The van der Waals surface area contributed by atoms with E-state index in [1.54, 1.807) is 24.3 Å². The van der Waals surface area contributed by atoms with Crippen molar-refractivity contribution in [3.63, 3.8) is 0 Å². The molecule has 0 saturated carbocycles. The van der Waals surface area contributed by atoms with Gasteiger partial charge >= 0.3 is 0 Å². The third kappa shape index (κ3) is 3.11. The quantitative estimate of drug-likeness (QED) is 0.901. The van der Waals surface area contributed by atoms with Crippen molar-refractivity contribution in [1.29, 1.82) is 0 Å². The van der Waals surface area contributed by atoms with Crippen LogP contribution in [0.1, 0.15) is 5.56 Å². The molecule has 0 atom stereocenters. The van der Waals surface area contributed by atoms with E-state index in [0.717, 1.165) is 5.56 Å². The van der Waals surface area contributed by atoms with Gasteiger partial charge in [-0.3, -0.25) is 0 Å². The van der Waals surface area contributed by atoms with Crippen molar-refractivity contribution in [3.05, 3.63) is 58.9 Å². The summed E-state index contributed by atoms with van der Waals surface area (Å²) in [5.74, 6) is 0.317. The number of hydrogen-bond acceptors (Lipinski definition) is 2. The fraction of sp³-hybridized carbons (Fsp3) is 0.0769. The van der Waals surface area contributed by atoms with Crippen LogP contribution in [0.25, 0.3) is 0 Å². The summed E-state index contributed by atoms with van der Waals surface area (Å²) in [5, 5.41) is 9.53. The van der Waals surface area contributed by atoms with Gasteiger partial charge in [-0.05, 0) is 42.0 Å². The molecule has 0 aliphatic heterocycles. The van der Waals surface area contributed by atoms with Gasteiger partial charge in [-0.15, -0.1) is 0 Å². The Morgan fingerprint density at radius 1 is 1.12 bits per heavy atom. The molecule has 17 heavy (non-hydrogen) atoms. The van der Waals surface area contributed by atoms with Crippen LogP contribution in [0.15, 0.2) is 42.5 Å². The fourth-order valence-electron chi connectivity index (χ4n) is 1.34. The minimum absolute atomic E-state index is 0.0391. The minimum atomic E-state index is -0.301. The van der Waals surface area contributed by atoms with Crippen molar-refractivity contribution in [3.8, 4) is 11.5 Å². The maximum Gasteiger partial charge on any atom is 0.134 e. The van der Waals surface area contributed by atoms with E-state index in [1.165, 1.54) is 18.2 Å². The zero-order valence-electron chi connectivity index (χ0n) is 8.86. The first-order chi connectivity index (χ1) is 8.15. The molecule has 0 fully saturated rings. The molecule has 0 aromatic heterocycles. The second kappa shape index (κ2) is 5.06. The lowest BCUT2D eigenvalue weighted by Crippen LogP contribution is -1.95. The lowest BCUT2D eigenvalue weighted by atomic mass is 10.2. The number of rotatable bonds is 3. The van der Waals surface area contributed by atoms with Crippen molar-refractivity contribution in [1.82, 2.24) is 0 Å². The van der Waals surface area contributed by atoms with Crippen LogP contribution in [0.2, 0.25) is 5.02 Å². The smallest absolute Gasteiger partial charge is 0.134 e. The Hall–Kier alpha value is -1.74. The van der Waals surface area contributed by atoms with Crippen molar-refractivity contribution < 1.29 is 14.2 Å². The summed E-state index contributed by atoms with van der Waals surface area (Å²) in [6, 6.07) is 10.6. The van der Waals surface area contributed by atoms with Crippen molar-refractivity contribution >= 4 is 11.6 Å². The summed E-state index contributed by atoms with van der Waals surface area (Å²) in [5.41, 5.74) is 0.831. The monoisotopic (exact) mass is 252 g/mol. The van der Waals surface area contributed by atoms with E-state index in [0.29, 0.717) is 12.4 Å². The number of hydrogen-bond donors (Lipinski definition) is 1. The van der Waals surface area contributed by atoms with E-state index < -0.39 is 0 Å². The normalized spacial score (nSPS) is 10.2. The molecule has 0 aliphatic rings. The molecule has 0 spiro atoms. The molecule has 0 unspecified atom stereocenters. The molecule has 0 radical (unpaired) electrons. The van der Waals surface area contributed by atoms with Gasteiger partial charge in [-0.1, -0.05) is 17.7 Å². The highest BCUT2D eigenvalue weighted by molar-refractivity contribution is 6.32. The van der Waals surface area contributed by atoms with Gasteiger partial charge < -0.3 is 9.84 Å². The maximum atomic E-state index is 12.6. The molecule has 1 N–H and O–H groups in total. The van der Waals surface area contributed by atoms with Gasteiger partial charge in [-0.25, -0.2) is 4.39 Å². The zero-order chi connectivity index (χ0) is 12.3. The van der Waals surface area contributed by atoms with Crippen molar-refractivity contribution in [2.24, 2.45) is 0 Å². The number of benzene rings is 2. The van der Waals surface area contributed by atoms with Gasteiger partial charge in [0.1, 0.15) is 23.9 Å². The van der Waals surface area contributed by atoms with E-state index in [1.807, 2.05) is 0 Å². The molecule has 0 amide bonds. The zero-order valence-corrected chi connectivity index (χ0v) is 9.62. The molecule has 0 bridgehead atoms. The van der Waals surface area contributed by atoms with E-state index in [9.17, 15) is 9.50 Å². The van der Waals surface area contributed by atoms with Gasteiger partial charge in [0, 0.05) is 0 Å². The largest absolute Gasteiger partial charge is 0.506 e. The van der Waals surface area contributed by atoms with Crippen LogP contribution in [-0.2, 0) is 6.61 Å². The van der Waals surface area contributed by atoms with E-state index >= 15 is 0 Å². The summed E-state index contributed by atoms with van der Waals surface area (Å²) in [6.45, 7) is 0.311. The first-order valence-electron chi connectivity index (χ1n) is 5.01. The predicted octanol–water partition coefficient (Wildman–Crippen LogP) is 3.76. The molecule has 88 valence electrons. The highest BCUT2D eigenvalue weighted by atomic mass is 35.5. The van der Waals surface area contributed by atoms with E-state index in [2.05, 4.69) is 0 Å². The first-order valence-corrected chi connectivity index (χ1v) is 5.39. The molecule has 4 heteroatoms. The summed E-state index contributed by atoms with van der Waals surface area (Å²) in [6.07, 6.45) is 0. The van der Waals surface area contributed by atoms with Gasteiger partial charge in [0.25, 0.3) is 0 Å². The van der Waals surface area contributed by atoms with Gasteiger partial charge in [0.15, 0.2) is 0 Å². The van der Waals surface area contributed by atoms with Crippen LogP contribution in [0.3, 0.4) is 0 Å². The lowest BCUT2D eigenvalue weighted by molar-refractivity contribution is 0.305. The Labute approximate surface area is 103 Å². The molecule has 2 aromatic carbocycles. The molecule has 2 rings (SSSR count). The highest BCUT2D eigenvalue weighted by Gasteiger charge is 2.01. The third-order valence-corrected chi connectivity index (χ3v) is 2.53. The average Bonchev–Trinajstić information content (AvgIpc) is 2.33. The average molecular weight is 253 g/mol. The predicted molar refractivity (Wildman–Crippen MR) is 63.8 cm³/mol. The van der Waals surface area contributed by atoms with Gasteiger partial charge in [0.2, 0.25) is 0 Å². The van der Waals surface area contributed by atoms with Crippen LogP contribution >= 0.6 is 11.6 Å². The number of halogens is 2. The summed E-state index contributed by atoms with van der Waals surface area (Å²) < 4.78 is 18.1. The van der Waals surface area contributed by atoms with Gasteiger partial charge in [-0.2, -0.15) is 0 Å². The molecule has 2 nitrogen and oxygen atoms in total. The van der Waals surface area contributed by atoms with Gasteiger partial charge in [0.05, 0.1) is 5.02 Å². The molecular weight excluding hydrogens is 243 g/mol. The first kappa shape index (κ1) is 11.7. The van der Waals surface area contributed by atoms with Crippen LogP contribution in [0.5, 0.6) is 11.5 Å². The number of phenolic OH excluding ortho intramolecular Hbond substituents is 1. The fourth-order valence-corrected chi connectivity index (χ4v) is 1.54. The molecule has 0 saturated heterocycles. The Bertz CT molecular complexity index is 511. The van der Waals surface area contributed by atoms with Crippen molar-refractivity contribution in [2.75, 3.05) is 0 Å². The number of aromatic hydroxyl groups is 1. The summed E-state index contributed by atoms with van der Waals surface area (Å²) in [7, 11) is 0. The molecule has 0 aliphatic carbocycles. The lowest BCUT2D eigenvalue weighted by Gasteiger charge is -2.07. The van der Waals surface area contributed by atoms with Crippen LogP contribution in [0, 0.1) is 5.82 Å². The van der Waals surface area contributed by atoms with Crippen LogP contribution in [-0.4, -0.2) is 5.11 Å². The van der Waals surface area contributed by atoms with Crippen LogP contribution < -0.4 is 4.74 Å².